The van der Waals surface area contributed by atoms with Crippen LogP contribution in [0.1, 0.15) is 28.7 Å². The average Bonchev–Trinajstić information content (AvgIpc) is 2.97. The van der Waals surface area contributed by atoms with Crippen molar-refractivity contribution in [2.24, 2.45) is 0 Å². The standard InChI is InChI=1S/C19H17N3O3/c1-12(23)14-5-7-16(8-6-14)21-18(24)10-17-13(2)25-19(22-17)15-4-3-9-20-11-15/h3-9,11H,10H2,1-2H3,(H,21,24). The second-order valence-electron chi connectivity index (χ2n) is 5.62. The molecule has 25 heavy (non-hydrogen) atoms. The molecule has 0 saturated heterocycles. The van der Waals surface area contributed by atoms with Crippen molar-refractivity contribution < 1.29 is 14.0 Å². The first kappa shape index (κ1) is 16.6. The molecule has 0 atom stereocenters. The molecule has 2 heterocycles. The molecule has 3 aromatic rings. The average molecular weight is 335 g/mol. The van der Waals surface area contributed by atoms with Crippen molar-refractivity contribution in [3.05, 3.63) is 65.8 Å². The molecule has 0 radical (unpaired) electrons. The molecule has 6 heteroatoms. The normalized spacial score (nSPS) is 10.5. The summed E-state index contributed by atoms with van der Waals surface area (Å²) in [6.07, 6.45) is 3.43. The van der Waals surface area contributed by atoms with Crippen LogP contribution >= 0.6 is 0 Å². The maximum absolute atomic E-state index is 12.2. The lowest BCUT2D eigenvalue weighted by Gasteiger charge is -2.04. The van der Waals surface area contributed by atoms with E-state index in [9.17, 15) is 9.59 Å². The van der Waals surface area contributed by atoms with E-state index in [-0.39, 0.29) is 18.1 Å². The number of aryl methyl sites for hydroxylation is 1. The monoisotopic (exact) mass is 335 g/mol. The molecule has 0 bridgehead atoms. The molecule has 1 N–H and O–H groups in total. The number of amides is 1. The Morgan fingerprint density at radius 3 is 2.56 bits per heavy atom. The van der Waals surface area contributed by atoms with Crippen molar-refractivity contribution in [2.45, 2.75) is 20.3 Å². The maximum atomic E-state index is 12.2. The second-order valence-corrected chi connectivity index (χ2v) is 5.62. The zero-order valence-corrected chi connectivity index (χ0v) is 13.9. The lowest BCUT2D eigenvalue weighted by molar-refractivity contribution is -0.115. The van der Waals surface area contributed by atoms with Crippen molar-refractivity contribution in [3.63, 3.8) is 0 Å². The lowest BCUT2D eigenvalue weighted by Crippen LogP contribution is -2.15. The number of hydrogen-bond donors (Lipinski definition) is 1. The fourth-order valence-electron chi connectivity index (χ4n) is 2.35. The Morgan fingerprint density at radius 1 is 1.16 bits per heavy atom. The van der Waals surface area contributed by atoms with Gasteiger partial charge < -0.3 is 9.73 Å². The first-order valence-corrected chi connectivity index (χ1v) is 7.80. The van der Waals surface area contributed by atoms with Gasteiger partial charge >= 0.3 is 0 Å². The maximum Gasteiger partial charge on any atom is 0.230 e. The van der Waals surface area contributed by atoms with Gasteiger partial charge in [0.2, 0.25) is 11.8 Å². The van der Waals surface area contributed by atoms with Gasteiger partial charge in [0.25, 0.3) is 0 Å². The quantitative estimate of drug-likeness (QED) is 0.722. The van der Waals surface area contributed by atoms with E-state index in [2.05, 4.69) is 15.3 Å². The van der Waals surface area contributed by atoms with Crippen LogP contribution in [0.2, 0.25) is 0 Å². The number of ketones is 1. The summed E-state index contributed by atoms with van der Waals surface area (Å²) in [5, 5.41) is 2.79. The fourth-order valence-corrected chi connectivity index (χ4v) is 2.35. The number of nitrogens with one attached hydrogen (secondary N) is 1. The third kappa shape index (κ3) is 3.98. The number of nitrogens with zero attached hydrogens (tertiary/aromatic N) is 2. The summed E-state index contributed by atoms with van der Waals surface area (Å²) in [7, 11) is 0. The van der Waals surface area contributed by atoms with Crippen LogP contribution in [0.25, 0.3) is 11.5 Å². The SMILES string of the molecule is CC(=O)c1ccc(NC(=O)Cc2nc(-c3cccnc3)oc2C)cc1. The number of carbonyl (C=O) groups is 2. The molecule has 1 amide bonds. The van der Waals surface area contributed by atoms with Gasteiger partial charge in [-0.1, -0.05) is 0 Å². The second kappa shape index (κ2) is 7.09. The number of hydrogen-bond acceptors (Lipinski definition) is 5. The highest BCUT2D eigenvalue weighted by molar-refractivity contribution is 5.96. The highest BCUT2D eigenvalue weighted by Gasteiger charge is 2.15. The Bertz CT molecular complexity index is 899. The first-order chi connectivity index (χ1) is 12.0. The Morgan fingerprint density at radius 2 is 1.92 bits per heavy atom. The molecule has 0 unspecified atom stereocenters. The summed E-state index contributed by atoms with van der Waals surface area (Å²) in [4.78, 5) is 31.9. The van der Waals surface area contributed by atoms with Gasteiger partial charge in [-0.3, -0.25) is 14.6 Å². The van der Waals surface area contributed by atoms with Gasteiger partial charge in [-0.25, -0.2) is 4.98 Å². The smallest absolute Gasteiger partial charge is 0.230 e. The Labute approximate surface area is 144 Å². The van der Waals surface area contributed by atoms with Gasteiger partial charge in [0.15, 0.2) is 5.78 Å². The number of Topliss-reactive ketones (excluding diaryl/α,β-unsaturated/α-hetero) is 1. The van der Waals surface area contributed by atoms with Gasteiger partial charge in [-0.2, -0.15) is 0 Å². The summed E-state index contributed by atoms with van der Waals surface area (Å²) < 4.78 is 5.63. The van der Waals surface area contributed by atoms with Crippen LogP contribution in [0.3, 0.4) is 0 Å². The number of aromatic nitrogens is 2. The number of carbonyl (C=O) groups excluding carboxylic acids is 2. The number of rotatable bonds is 5. The minimum Gasteiger partial charge on any atom is -0.441 e. The molecule has 0 spiro atoms. The number of benzene rings is 1. The number of pyridine rings is 1. The summed E-state index contributed by atoms with van der Waals surface area (Å²) >= 11 is 0. The molecule has 1 aromatic carbocycles. The molecule has 0 aliphatic heterocycles. The molecule has 6 nitrogen and oxygen atoms in total. The largest absolute Gasteiger partial charge is 0.441 e. The third-order valence-corrected chi connectivity index (χ3v) is 3.70. The predicted molar refractivity (Wildman–Crippen MR) is 93.3 cm³/mol. The van der Waals surface area contributed by atoms with E-state index in [1.54, 1.807) is 49.6 Å². The molecule has 3 rings (SSSR count). The van der Waals surface area contributed by atoms with Crippen LogP contribution < -0.4 is 5.32 Å². The number of anilines is 1. The van der Waals surface area contributed by atoms with Crippen LogP contribution in [0, 0.1) is 6.92 Å². The van der Waals surface area contributed by atoms with Crippen molar-refractivity contribution in [3.8, 4) is 11.5 Å². The van der Waals surface area contributed by atoms with E-state index < -0.39 is 0 Å². The van der Waals surface area contributed by atoms with Gasteiger partial charge in [0, 0.05) is 23.6 Å². The third-order valence-electron chi connectivity index (χ3n) is 3.70. The molecule has 0 aliphatic carbocycles. The van der Waals surface area contributed by atoms with Gasteiger partial charge in [0.1, 0.15) is 5.76 Å². The Kier molecular flexibility index (Phi) is 4.70. The van der Waals surface area contributed by atoms with E-state index in [1.807, 2.05) is 6.07 Å². The van der Waals surface area contributed by atoms with Gasteiger partial charge in [-0.05, 0) is 50.2 Å². The molecule has 0 aliphatic rings. The van der Waals surface area contributed by atoms with Crippen LogP contribution in [0.15, 0.2) is 53.2 Å². The van der Waals surface area contributed by atoms with E-state index in [0.29, 0.717) is 28.6 Å². The summed E-state index contributed by atoms with van der Waals surface area (Å²) in [6.45, 7) is 3.28. The first-order valence-electron chi connectivity index (χ1n) is 7.80. The summed E-state index contributed by atoms with van der Waals surface area (Å²) in [5.74, 6) is 0.823. The van der Waals surface area contributed by atoms with Crippen molar-refractivity contribution >= 4 is 17.4 Å². The molecule has 0 fully saturated rings. The topological polar surface area (TPSA) is 85.1 Å². The zero-order chi connectivity index (χ0) is 17.8. The van der Waals surface area contributed by atoms with E-state index in [0.717, 1.165) is 5.56 Å². The zero-order valence-electron chi connectivity index (χ0n) is 13.9. The van der Waals surface area contributed by atoms with Crippen LogP contribution in [0.4, 0.5) is 5.69 Å². The fraction of sp³-hybridized carbons (Fsp3) is 0.158. The van der Waals surface area contributed by atoms with E-state index >= 15 is 0 Å². The van der Waals surface area contributed by atoms with Crippen LogP contribution in [-0.2, 0) is 11.2 Å². The minimum absolute atomic E-state index is 0.0148. The molecule has 126 valence electrons. The van der Waals surface area contributed by atoms with E-state index in [4.69, 9.17) is 4.42 Å². The number of oxazole rings is 1. The Balaban J connectivity index is 1.69. The highest BCUT2D eigenvalue weighted by atomic mass is 16.4. The van der Waals surface area contributed by atoms with Crippen molar-refractivity contribution in [1.82, 2.24) is 9.97 Å². The van der Waals surface area contributed by atoms with Gasteiger partial charge in [0.05, 0.1) is 17.7 Å². The van der Waals surface area contributed by atoms with Gasteiger partial charge in [-0.15, -0.1) is 0 Å². The lowest BCUT2D eigenvalue weighted by atomic mass is 10.1. The van der Waals surface area contributed by atoms with Crippen LogP contribution in [0.5, 0.6) is 0 Å². The molecule has 0 saturated carbocycles. The van der Waals surface area contributed by atoms with E-state index in [1.165, 1.54) is 6.92 Å². The minimum atomic E-state index is -0.204. The summed E-state index contributed by atoms with van der Waals surface area (Å²) in [5.41, 5.74) is 2.57. The molecular weight excluding hydrogens is 318 g/mol. The molecule has 2 aromatic heterocycles. The van der Waals surface area contributed by atoms with Crippen LogP contribution in [-0.4, -0.2) is 21.7 Å². The molecular formula is C19H17N3O3. The van der Waals surface area contributed by atoms with Crippen molar-refractivity contribution in [2.75, 3.05) is 5.32 Å². The highest BCUT2D eigenvalue weighted by Crippen LogP contribution is 2.21. The van der Waals surface area contributed by atoms with Crippen molar-refractivity contribution in [1.29, 1.82) is 0 Å². The Hall–Kier alpha value is -3.28. The predicted octanol–water partition coefficient (Wildman–Crippen LogP) is 3.43. The summed E-state index contributed by atoms with van der Waals surface area (Å²) in [6, 6.07) is 10.4.